The number of hydrogen-bond donors (Lipinski definition) is 0. The van der Waals surface area contributed by atoms with Crippen molar-refractivity contribution in [2.75, 3.05) is 30.5 Å². The molecule has 0 bridgehead atoms. The molecule has 2 aliphatic rings. The number of carbonyl (C=O) groups is 2. The van der Waals surface area contributed by atoms with Gasteiger partial charge < -0.3 is 9.80 Å². The summed E-state index contributed by atoms with van der Waals surface area (Å²) in [7, 11) is -3.78. The van der Waals surface area contributed by atoms with Crippen molar-refractivity contribution in [1.29, 1.82) is 0 Å². The summed E-state index contributed by atoms with van der Waals surface area (Å²) in [6.45, 7) is 3.37. The van der Waals surface area contributed by atoms with Gasteiger partial charge in [0.25, 0.3) is 10.0 Å². The van der Waals surface area contributed by atoms with E-state index in [9.17, 15) is 18.0 Å². The van der Waals surface area contributed by atoms with Crippen LogP contribution in [0.2, 0.25) is 0 Å². The topological polar surface area (TPSA) is 78.0 Å². The first-order valence-electron chi connectivity index (χ1n) is 8.49. The van der Waals surface area contributed by atoms with Crippen LogP contribution in [-0.4, -0.2) is 62.8 Å². The molecule has 1 atom stereocenters. The standard InChI is InChI=1S/C18H19N3O4S/c1-13(18(23)20-10-8-19(12-22)9-11-20)21-15-6-2-4-14-5-3-7-16(17(14)15)26(21,24)25/h2-7,12-13H,8-11H2,1H3/t13-/m1/s1. The van der Waals surface area contributed by atoms with Gasteiger partial charge in [0.2, 0.25) is 12.3 Å². The Morgan fingerprint density at radius 2 is 1.73 bits per heavy atom. The highest BCUT2D eigenvalue weighted by molar-refractivity contribution is 7.93. The van der Waals surface area contributed by atoms with Crippen LogP contribution in [0.5, 0.6) is 0 Å². The van der Waals surface area contributed by atoms with Gasteiger partial charge in [0, 0.05) is 31.6 Å². The largest absolute Gasteiger partial charge is 0.342 e. The number of hydrogen-bond acceptors (Lipinski definition) is 4. The van der Waals surface area contributed by atoms with Crippen molar-refractivity contribution in [3.8, 4) is 0 Å². The smallest absolute Gasteiger partial charge is 0.265 e. The van der Waals surface area contributed by atoms with Gasteiger partial charge >= 0.3 is 0 Å². The summed E-state index contributed by atoms with van der Waals surface area (Å²) in [5, 5.41) is 1.51. The second kappa shape index (κ2) is 5.98. The lowest BCUT2D eigenvalue weighted by molar-refractivity contribution is -0.135. The van der Waals surface area contributed by atoms with Gasteiger partial charge in [-0.3, -0.25) is 13.9 Å². The van der Waals surface area contributed by atoms with Crippen molar-refractivity contribution in [2.24, 2.45) is 0 Å². The first kappa shape index (κ1) is 16.8. The minimum absolute atomic E-state index is 0.246. The minimum Gasteiger partial charge on any atom is -0.342 e. The van der Waals surface area contributed by atoms with Crippen molar-refractivity contribution < 1.29 is 18.0 Å². The van der Waals surface area contributed by atoms with Crippen LogP contribution in [0.25, 0.3) is 10.8 Å². The van der Waals surface area contributed by atoms with Crippen LogP contribution in [0.4, 0.5) is 5.69 Å². The molecule has 0 N–H and O–H groups in total. The molecule has 2 aliphatic heterocycles. The summed E-state index contributed by atoms with van der Waals surface area (Å²) in [6.07, 6.45) is 0.771. The summed E-state index contributed by atoms with van der Waals surface area (Å²) >= 11 is 0. The summed E-state index contributed by atoms with van der Waals surface area (Å²) in [5.74, 6) is -0.246. The fraction of sp³-hybridized carbons (Fsp3) is 0.333. The molecule has 8 heteroatoms. The summed E-state index contributed by atoms with van der Waals surface area (Å²) in [4.78, 5) is 27.3. The molecule has 4 rings (SSSR count). The van der Waals surface area contributed by atoms with Crippen LogP contribution >= 0.6 is 0 Å². The van der Waals surface area contributed by atoms with E-state index in [4.69, 9.17) is 0 Å². The zero-order valence-electron chi connectivity index (χ0n) is 14.3. The first-order chi connectivity index (χ1) is 12.4. The van der Waals surface area contributed by atoms with Gasteiger partial charge in [-0.15, -0.1) is 0 Å². The fourth-order valence-corrected chi connectivity index (χ4v) is 5.61. The minimum atomic E-state index is -3.78. The van der Waals surface area contributed by atoms with Gasteiger partial charge in [0.05, 0.1) is 10.6 Å². The van der Waals surface area contributed by atoms with Crippen LogP contribution in [0.15, 0.2) is 41.3 Å². The van der Waals surface area contributed by atoms with Gasteiger partial charge in [0.1, 0.15) is 6.04 Å². The maximum atomic E-state index is 13.1. The molecule has 0 spiro atoms. The molecule has 2 aromatic rings. The average molecular weight is 373 g/mol. The molecule has 1 saturated heterocycles. The highest BCUT2D eigenvalue weighted by Crippen LogP contribution is 2.43. The fourth-order valence-electron chi connectivity index (χ4n) is 3.75. The lowest BCUT2D eigenvalue weighted by Gasteiger charge is -2.36. The van der Waals surface area contributed by atoms with E-state index in [-0.39, 0.29) is 10.8 Å². The molecule has 0 aromatic heterocycles. The van der Waals surface area contributed by atoms with Crippen molar-refractivity contribution in [3.05, 3.63) is 36.4 Å². The molecule has 2 aromatic carbocycles. The second-order valence-corrected chi connectivity index (χ2v) is 8.36. The van der Waals surface area contributed by atoms with Gasteiger partial charge in [-0.05, 0) is 24.4 Å². The Kier molecular flexibility index (Phi) is 3.87. The maximum Gasteiger partial charge on any atom is 0.265 e. The predicted molar refractivity (Wildman–Crippen MR) is 97.3 cm³/mol. The Bertz CT molecular complexity index is 991. The van der Waals surface area contributed by atoms with E-state index < -0.39 is 16.1 Å². The highest BCUT2D eigenvalue weighted by Gasteiger charge is 2.42. The maximum absolute atomic E-state index is 13.1. The number of benzene rings is 2. The average Bonchev–Trinajstić information content (AvgIpc) is 2.89. The molecule has 26 heavy (non-hydrogen) atoms. The molecule has 136 valence electrons. The number of carbonyl (C=O) groups excluding carboxylic acids is 2. The first-order valence-corrected chi connectivity index (χ1v) is 9.93. The second-order valence-electron chi connectivity index (χ2n) is 6.57. The van der Waals surface area contributed by atoms with E-state index >= 15 is 0 Å². The van der Waals surface area contributed by atoms with Crippen molar-refractivity contribution in [1.82, 2.24) is 9.80 Å². The third-order valence-electron chi connectivity index (χ3n) is 5.10. The number of rotatable bonds is 3. The van der Waals surface area contributed by atoms with Crippen molar-refractivity contribution in [2.45, 2.75) is 17.9 Å². The van der Waals surface area contributed by atoms with Crippen molar-refractivity contribution in [3.63, 3.8) is 0 Å². The SMILES string of the molecule is C[C@H](C(=O)N1CCN(C=O)CC1)N1c2cccc3cccc(c23)S1(=O)=O. The number of nitrogens with zero attached hydrogens (tertiary/aromatic N) is 3. The Morgan fingerprint density at radius 1 is 1.08 bits per heavy atom. The number of piperazine rings is 1. The summed E-state index contributed by atoms with van der Waals surface area (Å²) < 4.78 is 27.4. The van der Waals surface area contributed by atoms with E-state index in [0.717, 1.165) is 11.8 Å². The molecule has 7 nitrogen and oxygen atoms in total. The van der Waals surface area contributed by atoms with E-state index in [0.29, 0.717) is 37.3 Å². The third kappa shape index (κ3) is 2.36. The number of anilines is 1. The summed E-state index contributed by atoms with van der Waals surface area (Å²) in [5.41, 5.74) is 0.547. The molecule has 2 amide bonds. The molecule has 2 heterocycles. The van der Waals surface area contributed by atoms with E-state index in [1.165, 1.54) is 4.31 Å². The number of amides is 2. The Morgan fingerprint density at radius 3 is 2.38 bits per heavy atom. The molecule has 0 unspecified atom stereocenters. The normalized spacial score (nSPS) is 19.7. The predicted octanol–water partition coefficient (Wildman–Crippen LogP) is 1.04. The number of sulfonamides is 1. The van der Waals surface area contributed by atoms with Gasteiger partial charge in [-0.25, -0.2) is 8.42 Å². The van der Waals surface area contributed by atoms with Gasteiger partial charge in [0.15, 0.2) is 0 Å². The van der Waals surface area contributed by atoms with Crippen LogP contribution < -0.4 is 4.31 Å². The molecular weight excluding hydrogens is 354 g/mol. The van der Waals surface area contributed by atoms with Crippen LogP contribution in [0.1, 0.15) is 6.92 Å². The molecular formula is C18H19N3O4S. The zero-order valence-corrected chi connectivity index (χ0v) is 15.1. The van der Waals surface area contributed by atoms with Crippen LogP contribution in [0.3, 0.4) is 0 Å². The third-order valence-corrected chi connectivity index (χ3v) is 7.03. The van der Waals surface area contributed by atoms with Crippen LogP contribution in [-0.2, 0) is 19.6 Å². The Balaban J connectivity index is 1.69. The Labute approximate surface area is 151 Å². The highest BCUT2D eigenvalue weighted by atomic mass is 32.2. The zero-order chi connectivity index (χ0) is 18.5. The molecule has 1 fully saturated rings. The summed E-state index contributed by atoms with van der Waals surface area (Å²) in [6, 6.07) is 9.73. The van der Waals surface area contributed by atoms with Crippen LogP contribution in [0, 0.1) is 0 Å². The lowest BCUT2D eigenvalue weighted by atomic mass is 10.1. The van der Waals surface area contributed by atoms with E-state index in [1.807, 2.05) is 12.1 Å². The monoisotopic (exact) mass is 373 g/mol. The van der Waals surface area contributed by atoms with E-state index in [2.05, 4.69) is 0 Å². The molecule has 0 aliphatic carbocycles. The molecule has 0 radical (unpaired) electrons. The quantitative estimate of drug-likeness (QED) is 0.753. The van der Waals surface area contributed by atoms with Crippen molar-refractivity contribution >= 4 is 38.8 Å². The van der Waals surface area contributed by atoms with E-state index in [1.54, 1.807) is 41.0 Å². The van der Waals surface area contributed by atoms with Gasteiger partial charge in [-0.2, -0.15) is 0 Å². The Hall–Kier alpha value is -2.61. The molecule has 0 saturated carbocycles. The van der Waals surface area contributed by atoms with Gasteiger partial charge in [-0.1, -0.05) is 24.3 Å². The lowest BCUT2D eigenvalue weighted by Crippen LogP contribution is -2.54.